The lowest BCUT2D eigenvalue weighted by atomic mass is 9.87. The molecule has 1 N–H and O–H groups in total. The van der Waals surface area contributed by atoms with Gasteiger partial charge in [-0.3, -0.25) is 4.99 Å². The van der Waals surface area contributed by atoms with Gasteiger partial charge in [0.05, 0.1) is 24.2 Å². The zero-order valence-electron chi connectivity index (χ0n) is 8.54. The molecule has 2 aliphatic heterocycles. The third-order valence-electron chi connectivity index (χ3n) is 2.97. The van der Waals surface area contributed by atoms with Gasteiger partial charge in [-0.25, -0.2) is 4.39 Å². The number of rotatable bonds is 1. The summed E-state index contributed by atoms with van der Waals surface area (Å²) in [7, 11) is 0. The standard InChI is InChI=1S/C11H14FN3/c12-11(3-5-14-6-4-11)10-2-1-9(7-13)8-15-10/h1-2,9,14H,3-6,8H2. The summed E-state index contributed by atoms with van der Waals surface area (Å²) >= 11 is 0. The first kappa shape index (κ1) is 10.3. The number of allylic oxidation sites excluding steroid dienone is 1. The molecule has 0 aromatic rings. The lowest BCUT2D eigenvalue weighted by molar-refractivity contribution is 0.196. The summed E-state index contributed by atoms with van der Waals surface area (Å²) in [5.74, 6) is -0.181. The maximum Gasteiger partial charge on any atom is 0.154 e. The highest BCUT2D eigenvalue weighted by Crippen LogP contribution is 2.27. The first-order valence-electron chi connectivity index (χ1n) is 5.27. The minimum Gasteiger partial charge on any atom is -0.316 e. The van der Waals surface area contributed by atoms with Crippen LogP contribution in [0.4, 0.5) is 4.39 Å². The summed E-state index contributed by atoms with van der Waals surface area (Å²) in [5.41, 5.74) is -0.752. The van der Waals surface area contributed by atoms with Gasteiger partial charge in [0.1, 0.15) is 0 Å². The topological polar surface area (TPSA) is 48.2 Å². The van der Waals surface area contributed by atoms with Crippen molar-refractivity contribution in [1.82, 2.24) is 5.32 Å². The van der Waals surface area contributed by atoms with Gasteiger partial charge in [0.2, 0.25) is 0 Å². The van der Waals surface area contributed by atoms with Gasteiger partial charge in [-0.15, -0.1) is 0 Å². The van der Waals surface area contributed by atoms with E-state index in [9.17, 15) is 4.39 Å². The van der Waals surface area contributed by atoms with E-state index in [1.165, 1.54) is 0 Å². The van der Waals surface area contributed by atoms with E-state index in [4.69, 9.17) is 5.26 Å². The van der Waals surface area contributed by atoms with Crippen LogP contribution < -0.4 is 5.32 Å². The highest BCUT2D eigenvalue weighted by atomic mass is 19.1. The van der Waals surface area contributed by atoms with E-state index >= 15 is 0 Å². The summed E-state index contributed by atoms with van der Waals surface area (Å²) < 4.78 is 14.4. The fourth-order valence-electron chi connectivity index (χ4n) is 1.97. The van der Waals surface area contributed by atoms with Crippen LogP contribution in [0, 0.1) is 17.2 Å². The highest BCUT2D eigenvalue weighted by molar-refractivity contribution is 6.02. The molecule has 4 heteroatoms. The third-order valence-corrected chi connectivity index (χ3v) is 2.97. The molecule has 1 unspecified atom stereocenters. The van der Waals surface area contributed by atoms with Crippen molar-refractivity contribution in [2.75, 3.05) is 19.6 Å². The van der Waals surface area contributed by atoms with E-state index in [2.05, 4.69) is 16.4 Å². The van der Waals surface area contributed by atoms with Crippen LogP contribution in [0.1, 0.15) is 12.8 Å². The zero-order valence-corrected chi connectivity index (χ0v) is 8.54. The second-order valence-corrected chi connectivity index (χ2v) is 4.04. The number of nitrogens with zero attached hydrogens (tertiary/aromatic N) is 2. The van der Waals surface area contributed by atoms with Gasteiger partial charge in [-0.05, 0) is 32.0 Å². The van der Waals surface area contributed by atoms with Crippen LogP contribution in [0.5, 0.6) is 0 Å². The Labute approximate surface area is 88.7 Å². The summed E-state index contributed by atoms with van der Waals surface area (Å²) in [6.07, 6.45) is 4.40. The molecule has 2 rings (SSSR count). The Morgan fingerprint density at radius 3 is 2.80 bits per heavy atom. The predicted molar refractivity (Wildman–Crippen MR) is 56.5 cm³/mol. The van der Waals surface area contributed by atoms with E-state index in [1.54, 1.807) is 12.2 Å². The minimum absolute atomic E-state index is 0.181. The van der Waals surface area contributed by atoms with Gasteiger partial charge < -0.3 is 5.32 Å². The molecule has 2 aliphatic rings. The molecule has 0 aromatic carbocycles. The molecule has 15 heavy (non-hydrogen) atoms. The van der Waals surface area contributed by atoms with Crippen molar-refractivity contribution in [2.24, 2.45) is 10.9 Å². The minimum atomic E-state index is -1.28. The fourth-order valence-corrected chi connectivity index (χ4v) is 1.97. The lowest BCUT2D eigenvalue weighted by Crippen LogP contribution is -2.44. The third kappa shape index (κ3) is 2.07. The Hall–Kier alpha value is -1.21. The number of nitriles is 1. The van der Waals surface area contributed by atoms with Crippen LogP contribution in [0.3, 0.4) is 0 Å². The predicted octanol–water partition coefficient (Wildman–Crippen LogP) is 1.23. The van der Waals surface area contributed by atoms with Crippen LogP contribution in [-0.2, 0) is 0 Å². The molecule has 0 spiro atoms. The van der Waals surface area contributed by atoms with Crippen LogP contribution in [0.25, 0.3) is 0 Å². The molecule has 0 radical (unpaired) electrons. The Balaban J connectivity index is 2.09. The van der Waals surface area contributed by atoms with Gasteiger partial charge >= 0.3 is 0 Å². The molecule has 1 fully saturated rings. The number of piperidine rings is 1. The molecule has 1 saturated heterocycles. The number of hydrogen-bond acceptors (Lipinski definition) is 3. The van der Waals surface area contributed by atoms with Gasteiger partial charge in [0.25, 0.3) is 0 Å². The Morgan fingerprint density at radius 2 is 2.27 bits per heavy atom. The normalized spacial score (nSPS) is 29.3. The van der Waals surface area contributed by atoms with Crippen molar-refractivity contribution in [3.8, 4) is 6.07 Å². The summed E-state index contributed by atoms with van der Waals surface area (Å²) in [6.45, 7) is 1.80. The molecular weight excluding hydrogens is 193 g/mol. The largest absolute Gasteiger partial charge is 0.316 e. The van der Waals surface area contributed by atoms with Gasteiger partial charge in [0.15, 0.2) is 5.67 Å². The van der Waals surface area contributed by atoms with Gasteiger partial charge in [0, 0.05) is 0 Å². The van der Waals surface area contributed by atoms with E-state index < -0.39 is 5.67 Å². The number of dihydropyridines is 1. The Morgan fingerprint density at radius 1 is 1.53 bits per heavy atom. The van der Waals surface area contributed by atoms with Crippen LogP contribution in [0.15, 0.2) is 17.1 Å². The maximum atomic E-state index is 14.4. The van der Waals surface area contributed by atoms with Crippen molar-refractivity contribution >= 4 is 5.71 Å². The molecular formula is C11H14FN3. The van der Waals surface area contributed by atoms with Crippen LogP contribution in [0.2, 0.25) is 0 Å². The molecule has 0 aliphatic carbocycles. The van der Waals surface area contributed by atoms with Crippen molar-refractivity contribution < 1.29 is 4.39 Å². The smallest absolute Gasteiger partial charge is 0.154 e. The Bertz CT molecular complexity index is 334. The number of alkyl halides is 1. The number of aliphatic imine (C=N–C) groups is 1. The molecule has 2 heterocycles. The van der Waals surface area contributed by atoms with Crippen molar-refractivity contribution in [3.63, 3.8) is 0 Å². The van der Waals surface area contributed by atoms with E-state index in [0.717, 1.165) is 0 Å². The zero-order chi connectivity index (χ0) is 10.7. The first-order valence-corrected chi connectivity index (χ1v) is 5.27. The second-order valence-electron chi connectivity index (χ2n) is 4.04. The van der Waals surface area contributed by atoms with E-state index in [1.807, 2.05) is 0 Å². The van der Waals surface area contributed by atoms with Crippen molar-refractivity contribution in [2.45, 2.75) is 18.5 Å². The van der Waals surface area contributed by atoms with Crippen LogP contribution in [-0.4, -0.2) is 31.0 Å². The molecule has 1 atom stereocenters. The molecule has 0 saturated carbocycles. The van der Waals surface area contributed by atoms with Crippen molar-refractivity contribution in [3.05, 3.63) is 12.2 Å². The lowest BCUT2D eigenvalue weighted by Gasteiger charge is -2.31. The number of hydrogen-bond donors (Lipinski definition) is 1. The van der Waals surface area contributed by atoms with Gasteiger partial charge in [-0.2, -0.15) is 5.26 Å². The number of nitrogens with one attached hydrogen (secondary N) is 1. The van der Waals surface area contributed by atoms with Gasteiger partial charge in [-0.1, -0.05) is 6.08 Å². The quantitative estimate of drug-likeness (QED) is 0.703. The Kier molecular flexibility index (Phi) is 2.83. The fraction of sp³-hybridized carbons (Fsp3) is 0.636. The number of halogens is 1. The molecule has 0 aromatic heterocycles. The molecule has 80 valence electrons. The summed E-state index contributed by atoms with van der Waals surface area (Å²) in [5, 5.41) is 11.8. The molecule has 0 bridgehead atoms. The summed E-state index contributed by atoms with van der Waals surface area (Å²) in [6, 6.07) is 2.11. The first-order chi connectivity index (χ1) is 7.24. The van der Waals surface area contributed by atoms with Crippen LogP contribution >= 0.6 is 0 Å². The maximum absolute atomic E-state index is 14.4. The highest BCUT2D eigenvalue weighted by Gasteiger charge is 2.36. The molecule has 3 nitrogen and oxygen atoms in total. The second kappa shape index (κ2) is 4.11. The molecule has 0 amide bonds. The SMILES string of the molecule is N#CC1C=CC(C2(F)CCNCC2)=NC1. The van der Waals surface area contributed by atoms with Crippen molar-refractivity contribution in [1.29, 1.82) is 5.26 Å². The average molecular weight is 207 g/mol. The van der Waals surface area contributed by atoms with E-state index in [0.29, 0.717) is 38.2 Å². The monoisotopic (exact) mass is 207 g/mol. The average Bonchev–Trinajstić information content (AvgIpc) is 2.30. The van der Waals surface area contributed by atoms with E-state index in [-0.39, 0.29) is 5.92 Å². The summed E-state index contributed by atoms with van der Waals surface area (Å²) in [4.78, 5) is 4.18.